The summed E-state index contributed by atoms with van der Waals surface area (Å²) in [6.45, 7) is 0. The molecule has 0 aliphatic rings. The summed E-state index contributed by atoms with van der Waals surface area (Å²) in [5, 5.41) is 4.56. The molecule has 0 N–H and O–H groups in total. The summed E-state index contributed by atoms with van der Waals surface area (Å²) in [7, 11) is 0. The summed E-state index contributed by atoms with van der Waals surface area (Å²) in [5.41, 5.74) is 9.03. The fraction of sp³-hybridized carbons (Fsp3) is 0. The summed E-state index contributed by atoms with van der Waals surface area (Å²) in [6.07, 6.45) is 5.34. The smallest absolute Gasteiger partial charge is 0.235 e. The topological polar surface area (TPSA) is 61.4 Å². The van der Waals surface area contributed by atoms with Gasteiger partial charge in [0.1, 0.15) is 0 Å². The van der Waals surface area contributed by atoms with Crippen LogP contribution in [-0.4, -0.2) is 29.1 Å². The zero-order chi connectivity index (χ0) is 27.6. The van der Waals surface area contributed by atoms with Gasteiger partial charge in [0, 0.05) is 51.4 Å². The maximum Gasteiger partial charge on any atom is 0.235 e. The molecule has 0 fully saturated rings. The van der Waals surface area contributed by atoms with Crippen LogP contribution in [-0.2, 0) is 0 Å². The van der Waals surface area contributed by atoms with E-state index in [9.17, 15) is 0 Å². The molecule has 0 unspecified atom stereocenters. The van der Waals surface area contributed by atoms with Gasteiger partial charge in [-0.3, -0.25) is 14.5 Å². The Hall–Kier alpha value is -5.88. The fourth-order valence-electron chi connectivity index (χ4n) is 6.28. The second kappa shape index (κ2) is 8.81. The van der Waals surface area contributed by atoms with Crippen LogP contribution in [0.1, 0.15) is 0 Å². The normalized spacial score (nSPS) is 11.8. The Bertz CT molecular complexity index is 2460. The first kappa shape index (κ1) is 22.9. The summed E-state index contributed by atoms with van der Waals surface area (Å²) in [4.78, 5) is 19.2. The van der Waals surface area contributed by atoms with E-state index in [0.29, 0.717) is 5.95 Å². The number of para-hydroxylation sites is 2. The van der Waals surface area contributed by atoms with Gasteiger partial charge in [0.25, 0.3) is 0 Å². The number of nitrogens with zero attached hydrogens (tertiary/aromatic N) is 6. The van der Waals surface area contributed by atoms with E-state index in [1.54, 1.807) is 12.4 Å². The molecule has 9 rings (SSSR count). The zero-order valence-electron chi connectivity index (χ0n) is 22.4. The van der Waals surface area contributed by atoms with Gasteiger partial charge in [0.15, 0.2) is 0 Å². The number of fused-ring (bicyclic) bond motifs is 8. The molecule has 0 amide bonds. The van der Waals surface area contributed by atoms with Crippen molar-refractivity contribution in [3.63, 3.8) is 0 Å². The van der Waals surface area contributed by atoms with E-state index < -0.39 is 0 Å². The highest BCUT2D eigenvalue weighted by atomic mass is 15.2. The lowest BCUT2D eigenvalue weighted by Crippen LogP contribution is -2.03. The average Bonchev–Trinajstić information content (AvgIpc) is 3.57. The van der Waals surface area contributed by atoms with Crippen molar-refractivity contribution in [2.45, 2.75) is 0 Å². The first-order valence-corrected chi connectivity index (χ1v) is 13.9. The molecule has 0 saturated carbocycles. The third-order valence-electron chi connectivity index (χ3n) is 8.08. The standard InChI is InChI=1S/C36H22N6/c1-3-9-23(10-4-1)29-17-18-39-36(40-29)42-32-14-8-7-13-25(32)26-15-16-27-28-21-30-31(38-20-19-37-30)22-33(28)41(34(27)35(26)42)24-11-5-2-6-12-24/h1-22H. The molecule has 0 spiro atoms. The number of hydrogen-bond acceptors (Lipinski definition) is 4. The molecule has 0 saturated heterocycles. The van der Waals surface area contributed by atoms with Crippen LogP contribution in [0, 0.1) is 0 Å². The van der Waals surface area contributed by atoms with E-state index in [4.69, 9.17) is 9.97 Å². The fourth-order valence-corrected chi connectivity index (χ4v) is 6.28. The molecule has 196 valence electrons. The molecule has 4 aromatic heterocycles. The molecule has 0 radical (unpaired) electrons. The Balaban J connectivity index is 1.49. The second-order valence-electron chi connectivity index (χ2n) is 10.4. The third-order valence-corrected chi connectivity index (χ3v) is 8.08. The van der Waals surface area contributed by atoms with E-state index in [0.717, 1.165) is 71.6 Å². The molecule has 0 atom stereocenters. The van der Waals surface area contributed by atoms with Crippen LogP contribution in [0.15, 0.2) is 134 Å². The number of hydrogen-bond donors (Lipinski definition) is 0. The lowest BCUT2D eigenvalue weighted by atomic mass is 10.1. The van der Waals surface area contributed by atoms with Gasteiger partial charge >= 0.3 is 0 Å². The van der Waals surface area contributed by atoms with Crippen molar-refractivity contribution in [3.05, 3.63) is 134 Å². The Kier molecular flexibility index (Phi) is 4.80. The van der Waals surface area contributed by atoms with Crippen molar-refractivity contribution in [1.82, 2.24) is 29.1 Å². The molecule has 0 bridgehead atoms. The lowest BCUT2D eigenvalue weighted by molar-refractivity contribution is 0.991. The van der Waals surface area contributed by atoms with Crippen LogP contribution < -0.4 is 0 Å². The van der Waals surface area contributed by atoms with Gasteiger partial charge in [-0.05, 0) is 36.4 Å². The molecule has 42 heavy (non-hydrogen) atoms. The van der Waals surface area contributed by atoms with Crippen LogP contribution in [0.5, 0.6) is 0 Å². The quantitative estimate of drug-likeness (QED) is 0.227. The van der Waals surface area contributed by atoms with Gasteiger partial charge in [-0.2, -0.15) is 0 Å². The van der Waals surface area contributed by atoms with Crippen molar-refractivity contribution in [2.24, 2.45) is 0 Å². The van der Waals surface area contributed by atoms with Crippen LogP contribution in [0.3, 0.4) is 0 Å². The highest BCUT2D eigenvalue weighted by Crippen LogP contribution is 2.42. The van der Waals surface area contributed by atoms with Gasteiger partial charge in [0.2, 0.25) is 5.95 Å². The molecule has 0 aliphatic carbocycles. The molecule has 9 aromatic rings. The van der Waals surface area contributed by atoms with E-state index >= 15 is 0 Å². The Morgan fingerprint density at radius 1 is 0.452 bits per heavy atom. The first-order chi connectivity index (χ1) is 20.8. The van der Waals surface area contributed by atoms with Gasteiger partial charge in [-0.15, -0.1) is 0 Å². The Labute approximate surface area is 240 Å². The molecule has 5 aromatic carbocycles. The zero-order valence-corrected chi connectivity index (χ0v) is 22.4. The van der Waals surface area contributed by atoms with Crippen LogP contribution in [0.4, 0.5) is 0 Å². The second-order valence-corrected chi connectivity index (χ2v) is 10.4. The van der Waals surface area contributed by atoms with Crippen molar-refractivity contribution in [1.29, 1.82) is 0 Å². The first-order valence-electron chi connectivity index (χ1n) is 13.9. The number of benzene rings is 5. The van der Waals surface area contributed by atoms with Gasteiger partial charge < -0.3 is 4.57 Å². The summed E-state index contributed by atoms with van der Waals surface area (Å²) >= 11 is 0. The number of aromatic nitrogens is 6. The Morgan fingerprint density at radius 3 is 1.93 bits per heavy atom. The summed E-state index contributed by atoms with van der Waals surface area (Å²) in [6, 6.07) is 40.0. The molecule has 6 heteroatoms. The largest absolute Gasteiger partial charge is 0.307 e. The highest BCUT2D eigenvalue weighted by molar-refractivity contribution is 6.24. The van der Waals surface area contributed by atoms with Crippen molar-refractivity contribution in [2.75, 3.05) is 0 Å². The SMILES string of the molecule is c1ccc(-c2ccnc(-n3c4ccccc4c4ccc5c6cc7nccnc7cc6n(-c6ccccc6)c5c43)n2)cc1. The van der Waals surface area contributed by atoms with Crippen molar-refractivity contribution < 1.29 is 0 Å². The van der Waals surface area contributed by atoms with Crippen molar-refractivity contribution in [3.8, 4) is 22.9 Å². The molecular weight excluding hydrogens is 516 g/mol. The van der Waals surface area contributed by atoms with E-state index in [1.807, 2.05) is 36.5 Å². The number of rotatable bonds is 3. The molecule has 0 aliphatic heterocycles. The maximum atomic E-state index is 5.12. The minimum atomic E-state index is 0.633. The highest BCUT2D eigenvalue weighted by Gasteiger charge is 2.22. The molecule has 4 heterocycles. The monoisotopic (exact) mass is 538 g/mol. The average molecular weight is 539 g/mol. The van der Waals surface area contributed by atoms with Gasteiger partial charge in [-0.1, -0.05) is 78.9 Å². The Morgan fingerprint density at radius 2 is 1.12 bits per heavy atom. The van der Waals surface area contributed by atoms with E-state index in [2.05, 4.69) is 104 Å². The van der Waals surface area contributed by atoms with Crippen LogP contribution in [0.2, 0.25) is 0 Å². The lowest BCUT2D eigenvalue weighted by Gasteiger charge is -2.12. The summed E-state index contributed by atoms with van der Waals surface area (Å²) < 4.78 is 4.56. The minimum Gasteiger partial charge on any atom is -0.307 e. The maximum absolute atomic E-state index is 5.12. The third kappa shape index (κ3) is 3.26. The molecular formula is C36H22N6. The minimum absolute atomic E-state index is 0.633. The van der Waals surface area contributed by atoms with E-state index in [-0.39, 0.29) is 0 Å². The van der Waals surface area contributed by atoms with Gasteiger partial charge in [0.05, 0.1) is 38.8 Å². The van der Waals surface area contributed by atoms with Crippen LogP contribution in [0.25, 0.3) is 77.5 Å². The van der Waals surface area contributed by atoms with Crippen LogP contribution >= 0.6 is 0 Å². The van der Waals surface area contributed by atoms with E-state index in [1.165, 1.54) is 0 Å². The predicted octanol–water partition coefficient (Wildman–Crippen LogP) is 8.28. The van der Waals surface area contributed by atoms with Crippen molar-refractivity contribution >= 4 is 54.6 Å². The predicted molar refractivity (Wildman–Crippen MR) is 169 cm³/mol. The summed E-state index contributed by atoms with van der Waals surface area (Å²) in [5.74, 6) is 0.633. The van der Waals surface area contributed by atoms with Gasteiger partial charge in [-0.25, -0.2) is 9.97 Å². The molecule has 6 nitrogen and oxygen atoms in total.